The topological polar surface area (TPSA) is 51.2 Å². The van der Waals surface area contributed by atoms with Crippen molar-refractivity contribution in [1.82, 2.24) is 10.3 Å². The number of ether oxygens (including phenoxy) is 1. The number of carbonyl (C=O) groups is 1. The maximum atomic E-state index is 11.2. The highest BCUT2D eigenvalue weighted by Crippen LogP contribution is 2.12. The van der Waals surface area contributed by atoms with Crippen molar-refractivity contribution in [3.63, 3.8) is 0 Å². The van der Waals surface area contributed by atoms with Crippen LogP contribution in [0.1, 0.15) is 39.5 Å². The number of hydrogen-bond acceptors (Lipinski definition) is 3. The van der Waals surface area contributed by atoms with Gasteiger partial charge in [-0.15, -0.1) is 0 Å². The summed E-state index contributed by atoms with van der Waals surface area (Å²) in [6.45, 7) is 7.85. The third kappa shape index (κ3) is 4.77. The minimum atomic E-state index is -0.160. The smallest absolute Gasteiger partial charge is 0.252 e. The first-order valence-electron chi connectivity index (χ1n) is 5.47. The van der Waals surface area contributed by atoms with Crippen molar-refractivity contribution in [3.05, 3.63) is 24.0 Å². The first-order valence-corrected chi connectivity index (χ1v) is 5.47. The van der Waals surface area contributed by atoms with E-state index in [2.05, 4.69) is 10.3 Å². The Morgan fingerprint density at radius 2 is 2.06 bits per heavy atom. The maximum Gasteiger partial charge on any atom is 0.252 e. The highest BCUT2D eigenvalue weighted by Gasteiger charge is 2.05. The Bertz CT molecular complexity index is 330. The summed E-state index contributed by atoms with van der Waals surface area (Å²) >= 11 is 0. The number of pyridine rings is 1. The number of aromatic nitrogens is 1. The molecule has 1 rings (SSSR count). The van der Waals surface area contributed by atoms with Gasteiger partial charge in [-0.2, -0.15) is 0 Å². The fourth-order valence-electron chi connectivity index (χ4n) is 1.02. The Hall–Kier alpha value is -1.58. The van der Waals surface area contributed by atoms with Gasteiger partial charge in [-0.25, -0.2) is 0 Å². The van der Waals surface area contributed by atoms with Crippen LogP contribution in [-0.2, 0) is 0 Å². The fourth-order valence-corrected chi connectivity index (χ4v) is 1.02. The number of rotatable bonds is 3. The molecule has 0 saturated heterocycles. The molecule has 0 aliphatic rings. The van der Waals surface area contributed by atoms with Crippen LogP contribution in [0.2, 0.25) is 0 Å². The number of nitrogens with zero attached hydrogens (tertiary/aromatic N) is 1. The van der Waals surface area contributed by atoms with E-state index in [1.54, 1.807) is 19.3 Å². The second-order valence-corrected chi connectivity index (χ2v) is 3.16. The highest BCUT2D eigenvalue weighted by atomic mass is 16.5. The molecule has 0 fully saturated rings. The average Bonchev–Trinajstić information content (AvgIpc) is 2.30. The number of amides is 1. The lowest BCUT2D eigenvalue weighted by molar-refractivity contribution is 0.0962. The van der Waals surface area contributed by atoms with Crippen molar-refractivity contribution in [2.45, 2.75) is 33.8 Å². The molecular weight excluding hydrogens is 204 g/mol. The van der Waals surface area contributed by atoms with E-state index in [0.717, 1.165) is 0 Å². The van der Waals surface area contributed by atoms with E-state index < -0.39 is 0 Å². The largest absolute Gasteiger partial charge is 0.489 e. The predicted octanol–water partition coefficient (Wildman–Crippen LogP) is 2.50. The van der Waals surface area contributed by atoms with Gasteiger partial charge in [-0.05, 0) is 19.9 Å². The molecule has 0 spiro atoms. The first-order chi connectivity index (χ1) is 7.63. The summed E-state index contributed by atoms with van der Waals surface area (Å²) in [6, 6.07) is 1.67. The van der Waals surface area contributed by atoms with Gasteiger partial charge in [-0.1, -0.05) is 13.8 Å². The molecule has 1 amide bonds. The summed E-state index contributed by atoms with van der Waals surface area (Å²) in [5, 5.41) is 2.53. The molecule has 0 aliphatic carbocycles. The third-order valence-electron chi connectivity index (χ3n) is 1.57. The second-order valence-electron chi connectivity index (χ2n) is 3.16. The zero-order valence-corrected chi connectivity index (χ0v) is 10.6. The predicted molar refractivity (Wildman–Crippen MR) is 66.9 cm³/mol. The molecule has 1 heterocycles. The molecule has 1 N–H and O–H groups in total. The van der Waals surface area contributed by atoms with Crippen LogP contribution >= 0.6 is 0 Å². The molecule has 0 radical (unpaired) electrons. The van der Waals surface area contributed by atoms with Gasteiger partial charge >= 0.3 is 0 Å². The Morgan fingerprint density at radius 3 is 2.56 bits per heavy atom. The third-order valence-corrected chi connectivity index (χ3v) is 1.57. The van der Waals surface area contributed by atoms with Crippen LogP contribution in [0.15, 0.2) is 18.5 Å². The number of hydrogen-bond donors (Lipinski definition) is 1. The van der Waals surface area contributed by atoms with E-state index in [-0.39, 0.29) is 13.4 Å². The first kappa shape index (κ1) is 14.4. The zero-order valence-electron chi connectivity index (χ0n) is 10.6. The molecule has 0 aliphatic heterocycles. The van der Waals surface area contributed by atoms with Crippen LogP contribution in [0.4, 0.5) is 0 Å². The summed E-state index contributed by atoms with van der Waals surface area (Å²) in [5.74, 6) is 0.452. The van der Waals surface area contributed by atoms with Crippen molar-refractivity contribution in [1.29, 1.82) is 0 Å². The molecule has 1 aromatic rings. The van der Waals surface area contributed by atoms with Crippen LogP contribution in [-0.4, -0.2) is 24.0 Å². The van der Waals surface area contributed by atoms with E-state index in [4.69, 9.17) is 4.74 Å². The summed E-state index contributed by atoms with van der Waals surface area (Å²) in [6.07, 6.45) is 3.18. The van der Waals surface area contributed by atoms with Crippen LogP contribution in [0.25, 0.3) is 0 Å². The van der Waals surface area contributed by atoms with Gasteiger partial charge in [0.05, 0.1) is 17.9 Å². The molecule has 92 valence electrons. The molecule has 4 nitrogen and oxygen atoms in total. The van der Waals surface area contributed by atoms with E-state index >= 15 is 0 Å². The maximum absolute atomic E-state index is 11.2. The van der Waals surface area contributed by atoms with Gasteiger partial charge in [0.2, 0.25) is 0 Å². The minimum absolute atomic E-state index is 0. The van der Waals surface area contributed by atoms with Crippen molar-refractivity contribution in [2.24, 2.45) is 0 Å². The lowest BCUT2D eigenvalue weighted by Gasteiger charge is -2.09. The monoisotopic (exact) mass is 226 g/mol. The summed E-state index contributed by atoms with van der Waals surface area (Å²) in [4.78, 5) is 15.2. The molecule has 16 heavy (non-hydrogen) atoms. The SMILES string of the molecule is CC.CNC(=O)c1cncc(OC(C)C)c1.[HH]. The molecule has 1 aromatic heterocycles. The zero-order chi connectivity index (χ0) is 12.6. The van der Waals surface area contributed by atoms with E-state index in [0.29, 0.717) is 11.3 Å². The van der Waals surface area contributed by atoms with E-state index in [1.807, 2.05) is 27.7 Å². The van der Waals surface area contributed by atoms with Gasteiger partial charge in [-0.3, -0.25) is 9.78 Å². The highest BCUT2D eigenvalue weighted by molar-refractivity contribution is 5.93. The lowest BCUT2D eigenvalue weighted by atomic mass is 10.2. The van der Waals surface area contributed by atoms with Crippen molar-refractivity contribution in [3.8, 4) is 5.75 Å². The molecule has 0 atom stereocenters. The van der Waals surface area contributed by atoms with Crippen molar-refractivity contribution >= 4 is 5.91 Å². The van der Waals surface area contributed by atoms with Crippen molar-refractivity contribution in [2.75, 3.05) is 7.05 Å². The molecule has 0 unspecified atom stereocenters. The van der Waals surface area contributed by atoms with Gasteiger partial charge < -0.3 is 10.1 Å². The van der Waals surface area contributed by atoms with E-state index in [1.165, 1.54) is 6.20 Å². The summed E-state index contributed by atoms with van der Waals surface area (Å²) in [7, 11) is 1.58. The van der Waals surface area contributed by atoms with Crippen molar-refractivity contribution < 1.29 is 11.0 Å². The quantitative estimate of drug-likeness (QED) is 0.861. The fraction of sp³-hybridized carbons (Fsp3) is 0.500. The normalized spacial score (nSPS) is 9.12. The average molecular weight is 226 g/mol. The second kappa shape index (κ2) is 7.68. The molecule has 0 aromatic carbocycles. The van der Waals surface area contributed by atoms with E-state index in [9.17, 15) is 4.79 Å². The van der Waals surface area contributed by atoms with Crippen LogP contribution < -0.4 is 10.1 Å². The standard InChI is InChI=1S/C10H14N2O2.C2H6.H2/c1-7(2)14-9-4-8(5-12-6-9)10(13)11-3;1-2;/h4-7H,1-3H3,(H,11,13);1-2H3;1H. The van der Waals surface area contributed by atoms with Gasteiger partial charge in [0.1, 0.15) is 5.75 Å². The van der Waals surface area contributed by atoms with Crippen LogP contribution in [0.5, 0.6) is 5.75 Å². The molecule has 4 heteroatoms. The van der Waals surface area contributed by atoms with Gasteiger partial charge in [0.15, 0.2) is 0 Å². The van der Waals surface area contributed by atoms with Gasteiger partial charge in [0, 0.05) is 14.7 Å². The molecular formula is C12H22N2O2. The lowest BCUT2D eigenvalue weighted by Crippen LogP contribution is -2.18. The Labute approximate surface area is 98.5 Å². The summed E-state index contributed by atoms with van der Waals surface area (Å²) < 4.78 is 5.41. The number of nitrogens with one attached hydrogen (secondary N) is 1. The Balaban J connectivity index is 0. The Kier molecular flexibility index (Phi) is 6.92. The molecule has 0 saturated carbocycles. The molecule has 0 bridgehead atoms. The van der Waals surface area contributed by atoms with Crippen LogP contribution in [0, 0.1) is 0 Å². The summed E-state index contributed by atoms with van der Waals surface area (Å²) in [5.41, 5.74) is 0.505. The van der Waals surface area contributed by atoms with Gasteiger partial charge in [0.25, 0.3) is 5.91 Å². The number of carbonyl (C=O) groups excluding carboxylic acids is 1. The Morgan fingerprint density at radius 1 is 1.44 bits per heavy atom. The van der Waals surface area contributed by atoms with Crippen LogP contribution in [0.3, 0.4) is 0 Å². The minimum Gasteiger partial charge on any atom is -0.489 e.